The Balaban J connectivity index is 1.26. The molecule has 7 heterocycles. The first kappa shape index (κ1) is 44.1. The highest BCUT2D eigenvalue weighted by Crippen LogP contribution is 2.58. The van der Waals surface area contributed by atoms with Gasteiger partial charge in [0.25, 0.3) is 5.56 Å². The van der Waals surface area contributed by atoms with Gasteiger partial charge in [0.05, 0.1) is 38.1 Å². The summed E-state index contributed by atoms with van der Waals surface area (Å²) in [6.07, 6.45) is -15.2. The number of imidazole rings is 2. The number of nitrogens with two attached hydrogens (primary N) is 2. The van der Waals surface area contributed by atoms with Crippen molar-refractivity contribution in [2.75, 3.05) is 38.3 Å². The molecule has 0 radical (unpaired) electrons. The van der Waals surface area contributed by atoms with Crippen LogP contribution in [-0.4, -0.2) is 132 Å². The molecule has 3 saturated heterocycles. The number of hydrogen-bond donors (Lipinski definition) is 4. The summed E-state index contributed by atoms with van der Waals surface area (Å²) in [5, 5.41) is 11.6. The fourth-order valence-corrected chi connectivity index (χ4v) is 8.60. The van der Waals surface area contributed by atoms with Crippen LogP contribution in [0.5, 0.6) is 0 Å². The minimum atomic E-state index is -5.19. The van der Waals surface area contributed by atoms with E-state index in [0.717, 1.165) is 28.1 Å². The lowest BCUT2D eigenvalue weighted by Gasteiger charge is -2.28. The minimum absolute atomic E-state index is 0.00408. The molecule has 0 saturated carbocycles. The van der Waals surface area contributed by atoms with E-state index in [1.807, 2.05) is 0 Å². The number of fused-ring (bicyclic) bond motifs is 5. The maximum Gasteiger partial charge on any atom is 0.510 e. The van der Waals surface area contributed by atoms with Gasteiger partial charge < -0.3 is 45.0 Å². The Labute approximate surface area is 341 Å². The van der Waals surface area contributed by atoms with Gasteiger partial charge in [-0.1, -0.05) is 0 Å². The third-order valence-corrected chi connectivity index (χ3v) is 11.5. The van der Waals surface area contributed by atoms with E-state index in [-0.39, 0.29) is 34.1 Å². The predicted octanol–water partition coefficient (Wildman–Crippen LogP) is 1.72. The number of phosphoric ester groups is 2. The molecule has 7 rings (SSSR count). The van der Waals surface area contributed by atoms with Gasteiger partial charge in [-0.25, -0.2) is 52.1 Å². The topological polar surface area (TPSA) is 358 Å². The highest BCUT2D eigenvalue weighted by Gasteiger charge is 2.55. The lowest BCUT2D eigenvalue weighted by molar-refractivity contribution is -0.0815. The number of hydrogen-bond acceptors (Lipinski definition) is 25. The van der Waals surface area contributed by atoms with Crippen molar-refractivity contribution in [2.45, 2.75) is 89.1 Å². The van der Waals surface area contributed by atoms with Crippen LogP contribution in [0.25, 0.3) is 22.3 Å². The smallest absolute Gasteiger partial charge is 0.432 e. The molecule has 0 aromatic carbocycles. The normalized spacial score (nSPS) is 30.8. The molecule has 3 fully saturated rings. The van der Waals surface area contributed by atoms with Crippen molar-refractivity contribution in [2.24, 2.45) is 0 Å². The second kappa shape index (κ2) is 17.8. The first-order valence-corrected chi connectivity index (χ1v) is 21.0. The Kier molecular flexibility index (Phi) is 12.9. The van der Waals surface area contributed by atoms with Gasteiger partial charge in [-0.15, -0.1) is 0 Å². The van der Waals surface area contributed by atoms with Crippen LogP contribution in [0.15, 0.2) is 23.8 Å². The monoisotopic (exact) mass is 908 g/mol. The number of phosphoric acid groups is 2. The van der Waals surface area contributed by atoms with Crippen molar-refractivity contribution < 1.29 is 83.8 Å². The van der Waals surface area contributed by atoms with Gasteiger partial charge in [-0.3, -0.25) is 37.0 Å². The van der Waals surface area contributed by atoms with E-state index < -0.39 is 122 Å². The molecule has 4 aromatic rings. The average molecular weight is 909 g/mol. The highest BCUT2D eigenvalue weighted by atomic mass is 31.2. The van der Waals surface area contributed by atoms with Gasteiger partial charge in [-0.05, 0) is 27.7 Å². The van der Waals surface area contributed by atoms with Crippen LogP contribution in [0.4, 0.5) is 25.7 Å². The minimum Gasteiger partial charge on any atom is -0.432 e. The van der Waals surface area contributed by atoms with Crippen LogP contribution >= 0.6 is 15.6 Å². The quantitative estimate of drug-likeness (QED) is 0.0999. The fourth-order valence-electron chi connectivity index (χ4n) is 6.11. The number of aromatic nitrogens is 8. The molecule has 0 aliphatic carbocycles. The summed E-state index contributed by atoms with van der Waals surface area (Å²) in [4.78, 5) is 59.4. The number of aliphatic hydroxyl groups is 1. The third kappa shape index (κ3) is 9.61. The van der Waals surface area contributed by atoms with Gasteiger partial charge >= 0.3 is 28.0 Å². The van der Waals surface area contributed by atoms with Crippen molar-refractivity contribution in [1.29, 1.82) is 0 Å². The molecule has 6 N–H and O–H groups in total. The second-order valence-corrected chi connectivity index (χ2v) is 16.9. The molecule has 3 aliphatic rings. The lowest BCUT2D eigenvalue weighted by Crippen LogP contribution is -2.36. The summed E-state index contributed by atoms with van der Waals surface area (Å²) in [6, 6.07) is 0. The molecular formula is C30H39FN10O18P2. The van der Waals surface area contributed by atoms with Crippen molar-refractivity contribution in [1.82, 2.24) is 39.0 Å². The first-order valence-electron chi connectivity index (χ1n) is 18.0. The van der Waals surface area contributed by atoms with E-state index in [1.54, 1.807) is 0 Å². The summed E-state index contributed by atoms with van der Waals surface area (Å²) in [5.74, 6) is -0.395. The average Bonchev–Trinajstić information content (AvgIpc) is 3.94. The molecule has 2 bridgehead atoms. The lowest BCUT2D eigenvalue weighted by atomic mass is 10.1. The van der Waals surface area contributed by atoms with Gasteiger partial charge in [0.15, 0.2) is 41.3 Å². The number of carbonyl (C=O) groups excluding carboxylic acids is 2. The molecule has 334 valence electrons. The Bertz CT molecular complexity index is 2400. The van der Waals surface area contributed by atoms with Gasteiger partial charge in [0.2, 0.25) is 19.5 Å². The van der Waals surface area contributed by atoms with Crippen LogP contribution in [-0.2, 0) is 64.7 Å². The van der Waals surface area contributed by atoms with E-state index in [4.69, 9.17) is 67.0 Å². The number of alkyl halides is 1. The van der Waals surface area contributed by atoms with E-state index in [2.05, 4.69) is 29.9 Å². The van der Waals surface area contributed by atoms with Crippen LogP contribution in [0.3, 0.4) is 0 Å². The molecule has 0 amide bonds. The standard InChI is InChI=1S/C30H39FN10O18P2/c1-12(2)54-29(44)48-10-52-60(46)50-5-14-19(42)21(27(56-14)41-9-37-18-24(41)38-28(33)39-25(18)43)59-61(47,53-11-49-30(45)55-13(3)4)51-6-15-20(58-60)16(31)26(57-15)40-8-36-17-22(32)34-7-35-23(17)40/h7-9,12-16,19-21,26-27,42H,5-6,10-11H2,1-4H3,(H2,32,34,35)(H3,33,38,39,43)/t14-,15-,16?,19?,20?,21?,26-,27-,60?,61?/m1/s1. The molecule has 0 spiro atoms. The van der Waals surface area contributed by atoms with E-state index in [9.17, 15) is 28.6 Å². The number of nitrogen functional groups attached to an aromatic ring is 2. The van der Waals surface area contributed by atoms with E-state index >= 15 is 4.39 Å². The number of aromatic amines is 1. The number of carbonyl (C=O) groups is 2. The van der Waals surface area contributed by atoms with Crippen molar-refractivity contribution in [3.63, 3.8) is 0 Å². The summed E-state index contributed by atoms with van der Waals surface area (Å²) < 4.78 is 113. The molecule has 4 aromatic heterocycles. The summed E-state index contributed by atoms with van der Waals surface area (Å²) >= 11 is 0. The number of halogens is 1. The third-order valence-electron chi connectivity index (χ3n) is 8.70. The molecule has 31 heteroatoms. The maximum atomic E-state index is 16.8. The highest BCUT2D eigenvalue weighted by molar-refractivity contribution is 7.48. The van der Waals surface area contributed by atoms with Crippen molar-refractivity contribution in [3.05, 3.63) is 29.3 Å². The predicted molar refractivity (Wildman–Crippen MR) is 195 cm³/mol. The van der Waals surface area contributed by atoms with Gasteiger partial charge in [0.1, 0.15) is 42.4 Å². The summed E-state index contributed by atoms with van der Waals surface area (Å²) in [7, 11) is -10.4. The van der Waals surface area contributed by atoms with Gasteiger partial charge in [0, 0.05) is 0 Å². The summed E-state index contributed by atoms with van der Waals surface area (Å²) in [6.45, 7) is 1.94. The first-order chi connectivity index (χ1) is 28.9. The molecule has 28 nitrogen and oxygen atoms in total. The van der Waals surface area contributed by atoms with E-state index in [1.165, 1.54) is 27.7 Å². The maximum absolute atomic E-state index is 16.8. The Hall–Kier alpha value is -4.93. The number of nitrogens with zero attached hydrogens (tertiary/aromatic N) is 7. The van der Waals surface area contributed by atoms with E-state index in [0.29, 0.717) is 0 Å². The largest absolute Gasteiger partial charge is 0.510 e. The van der Waals surface area contributed by atoms with Gasteiger partial charge in [-0.2, -0.15) is 4.98 Å². The summed E-state index contributed by atoms with van der Waals surface area (Å²) in [5.41, 5.74) is 10.6. The number of ether oxygens (including phenoxy) is 6. The Morgan fingerprint density at radius 3 is 2.03 bits per heavy atom. The zero-order valence-electron chi connectivity index (χ0n) is 32.3. The number of nitrogens with one attached hydrogen (secondary N) is 1. The number of rotatable bonds is 10. The number of anilines is 2. The van der Waals surface area contributed by atoms with Crippen LogP contribution < -0.4 is 17.0 Å². The number of aliphatic hydroxyl groups excluding tert-OH is 1. The van der Waals surface area contributed by atoms with Crippen molar-refractivity contribution >= 4 is 62.1 Å². The van der Waals surface area contributed by atoms with Crippen LogP contribution in [0.1, 0.15) is 40.2 Å². The Morgan fingerprint density at radius 1 is 0.852 bits per heavy atom. The number of H-pyrrole nitrogens is 1. The van der Waals surface area contributed by atoms with Crippen molar-refractivity contribution in [3.8, 4) is 0 Å². The zero-order chi connectivity index (χ0) is 43.8. The SMILES string of the molecule is CC(C)OC(=O)OCOP1(=O)OC[C@H]2O[C@@H](n3cnc4c(N)ncnc43)C(F)C2OP(=O)(OCOC(=O)OC(C)C)OC[C@H]2O[C@@H](n3cnc4c(=O)[nH]c(N)nc43)C(O1)C2O. The fraction of sp³-hybridized carbons (Fsp3) is 0.600. The zero-order valence-corrected chi connectivity index (χ0v) is 34.1. The second-order valence-electron chi connectivity index (χ2n) is 13.7. The molecule has 3 aliphatic heterocycles. The molecular weight excluding hydrogens is 869 g/mol. The van der Waals surface area contributed by atoms with Crippen LogP contribution in [0, 0.1) is 0 Å². The molecule has 10 atom stereocenters. The molecule has 61 heavy (non-hydrogen) atoms. The Morgan fingerprint density at radius 2 is 1.41 bits per heavy atom. The van der Waals surface area contributed by atoms with Crippen LogP contribution in [0.2, 0.25) is 0 Å². The molecule has 6 unspecified atom stereocenters.